The Bertz CT molecular complexity index is 1050. The van der Waals surface area contributed by atoms with Crippen LogP contribution in [-0.4, -0.2) is 72.3 Å². The predicted octanol–water partition coefficient (Wildman–Crippen LogP) is 2.35. The highest BCUT2D eigenvalue weighted by Gasteiger charge is 2.36. The van der Waals surface area contributed by atoms with E-state index in [2.05, 4.69) is 9.88 Å². The molecule has 0 N–H and O–H groups in total. The van der Waals surface area contributed by atoms with Crippen LogP contribution in [0.25, 0.3) is 0 Å². The summed E-state index contributed by atoms with van der Waals surface area (Å²) >= 11 is 0. The van der Waals surface area contributed by atoms with Gasteiger partial charge in [0.1, 0.15) is 5.82 Å². The van der Waals surface area contributed by atoms with E-state index in [1.807, 2.05) is 18.7 Å². The van der Waals surface area contributed by atoms with Crippen LogP contribution in [0.2, 0.25) is 0 Å². The Morgan fingerprint density at radius 1 is 1.09 bits per heavy atom. The fourth-order valence-corrected chi connectivity index (χ4v) is 5.77. The van der Waals surface area contributed by atoms with Gasteiger partial charge in [0.25, 0.3) is 10.0 Å². The lowest BCUT2D eigenvalue weighted by atomic mass is 9.97. The number of anilines is 1. The van der Waals surface area contributed by atoms with Gasteiger partial charge < -0.3 is 14.4 Å². The standard InChI is InChI=1S/C22H30FN5O3S/c1-17(2)27-15-21(24-16-27)32(30,31)28-9-3-4-18(14-28)22(29)26-12-10-25(11-13-26)20-7-5-19(23)6-8-20/h5-8,15-18H,3-4,9-14H2,1-2H3/t18-/m1/s1. The lowest BCUT2D eigenvalue weighted by molar-refractivity contribution is -0.137. The number of piperazine rings is 1. The fraction of sp³-hybridized carbons (Fsp3) is 0.545. The van der Waals surface area contributed by atoms with Crippen LogP contribution >= 0.6 is 0 Å². The third-order valence-electron chi connectivity index (χ3n) is 6.29. The lowest BCUT2D eigenvalue weighted by Gasteiger charge is -2.39. The highest BCUT2D eigenvalue weighted by Crippen LogP contribution is 2.26. The van der Waals surface area contributed by atoms with Gasteiger partial charge in [-0.05, 0) is 51.0 Å². The summed E-state index contributed by atoms with van der Waals surface area (Å²) in [7, 11) is -3.73. The van der Waals surface area contributed by atoms with Crippen molar-refractivity contribution in [3.05, 3.63) is 42.6 Å². The SMILES string of the molecule is CC(C)n1cnc(S(=O)(=O)N2CCC[C@@H](C(=O)N3CCN(c4ccc(F)cc4)CC3)C2)c1. The van der Waals surface area contributed by atoms with Crippen molar-refractivity contribution in [1.29, 1.82) is 0 Å². The number of amides is 1. The Balaban J connectivity index is 1.38. The molecule has 3 heterocycles. The molecule has 10 heteroatoms. The number of aromatic nitrogens is 2. The number of imidazole rings is 1. The second-order valence-electron chi connectivity index (χ2n) is 8.74. The minimum Gasteiger partial charge on any atom is -0.368 e. The Morgan fingerprint density at radius 2 is 1.78 bits per heavy atom. The number of halogens is 1. The van der Waals surface area contributed by atoms with E-state index >= 15 is 0 Å². The second-order valence-corrected chi connectivity index (χ2v) is 10.6. The van der Waals surface area contributed by atoms with Crippen LogP contribution in [0, 0.1) is 11.7 Å². The number of carbonyl (C=O) groups excluding carboxylic acids is 1. The molecule has 1 atom stereocenters. The largest absolute Gasteiger partial charge is 0.368 e. The van der Waals surface area contributed by atoms with Crippen LogP contribution < -0.4 is 4.90 Å². The first-order chi connectivity index (χ1) is 15.3. The number of hydrogen-bond acceptors (Lipinski definition) is 5. The first kappa shape index (κ1) is 22.7. The van der Waals surface area contributed by atoms with Crippen LogP contribution in [0.15, 0.2) is 41.8 Å². The van der Waals surface area contributed by atoms with E-state index < -0.39 is 10.0 Å². The minimum atomic E-state index is -3.73. The molecule has 0 radical (unpaired) electrons. The molecule has 2 saturated heterocycles. The molecule has 0 saturated carbocycles. The van der Waals surface area contributed by atoms with Crippen LogP contribution in [0.3, 0.4) is 0 Å². The van der Waals surface area contributed by atoms with Gasteiger partial charge in [-0.15, -0.1) is 0 Å². The molecule has 2 aliphatic heterocycles. The quantitative estimate of drug-likeness (QED) is 0.680. The van der Waals surface area contributed by atoms with Crippen molar-refractivity contribution in [3.63, 3.8) is 0 Å². The summed E-state index contributed by atoms with van der Waals surface area (Å²) in [5, 5.41) is 0.0345. The smallest absolute Gasteiger partial charge is 0.262 e. The van der Waals surface area contributed by atoms with Gasteiger partial charge >= 0.3 is 0 Å². The zero-order valence-corrected chi connectivity index (χ0v) is 19.3. The van der Waals surface area contributed by atoms with E-state index in [0.717, 1.165) is 5.69 Å². The Morgan fingerprint density at radius 3 is 2.41 bits per heavy atom. The summed E-state index contributed by atoms with van der Waals surface area (Å²) in [4.78, 5) is 21.2. The fourth-order valence-electron chi connectivity index (χ4n) is 4.32. The number of benzene rings is 1. The number of rotatable bonds is 5. The molecule has 174 valence electrons. The molecule has 8 nitrogen and oxygen atoms in total. The third-order valence-corrected chi connectivity index (χ3v) is 8.05. The van der Waals surface area contributed by atoms with Crippen molar-refractivity contribution in [2.45, 2.75) is 37.8 Å². The molecule has 0 spiro atoms. The van der Waals surface area contributed by atoms with Crippen LogP contribution in [0.4, 0.5) is 10.1 Å². The lowest BCUT2D eigenvalue weighted by Crippen LogP contribution is -2.53. The van der Waals surface area contributed by atoms with Crippen molar-refractivity contribution in [3.8, 4) is 0 Å². The van der Waals surface area contributed by atoms with Gasteiger partial charge in [-0.25, -0.2) is 17.8 Å². The van der Waals surface area contributed by atoms with Crippen LogP contribution in [0.5, 0.6) is 0 Å². The van der Waals surface area contributed by atoms with Gasteiger partial charge in [0.05, 0.1) is 12.2 Å². The van der Waals surface area contributed by atoms with E-state index in [0.29, 0.717) is 45.6 Å². The Labute approximate surface area is 188 Å². The van der Waals surface area contributed by atoms with E-state index in [1.165, 1.54) is 22.8 Å². The average Bonchev–Trinajstić information content (AvgIpc) is 3.31. The number of hydrogen-bond donors (Lipinski definition) is 0. The minimum absolute atomic E-state index is 0.0105. The number of sulfonamides is 1. The highest BCUT2D eigenvalue weighted by molar-refractivity contribution is 7.89. The van der Waals surface area contributed by atoms with E-state index in [4.69, 9.17) is 0 Å². The maximum absolute atomic E-state index is 13.2. The van der Waals surface area contributed by atoms with E-state index in [9.17, 15) is 17.6 Å². The molecule has 1 aromatic carbocycles. The number of nitrogens with zero attached hydrogens (tertiary/aromatic N) is 5. The van der Waals surface area contributed by atoms with Gasteiger partial charge in [-0.2, -0.15) is 4.31 Å². The molecule has 4 rings (SSSR count). The third kappa shape index (κ3) is 4.66. The van der Waals surface area contributed by atoms with Crippen molar-refractivity contribution < 1.29 is 17.6 Å². The van der Waals surface area contributed by atoms with Gasteiger partial charge in [-0.1, -0.05) is 0 Å². The van der Waals surface area contributed by atoms with Crippen molar-refractivity contribution in [2.75, 3.05) is 44.2 Å². The Kier molecular flexibility index (Phi) is 6.52. The highest BCUT2D eigenvalue weighted by atomic mass is 32.2. The number of carbonyl (C=O) groups is 1. The summed E-state index contributed by atoms with van der Waals surface area (Å²) in [6, 6.07) is 6.49. The van der Waals surface area contributed by atoms with E-state index in [-0.39, 0.29) is 35.3 Å². The van der Waals surface area contributed by atoms with Gasteiger partial charge in [-0.3, -0.25) is 4.79 Å². The first-order valence-electron chi connectivity index (χ1n) is 11.1. The Hall–Kier alpha value is -2.46. The topological polar surface area (TPSA) is 78.8 Å². The zero-order valence-electron chi connectivity index (χ0n) is 18.5. The predicted molar refractivity (Wildman–Crippen MR) is 119 cm³/mol. The molecule has 1 aromatic heterocycles. The maximum atomic E-state index is 13.2. The summed E-state index contributed by atoms with van der Waals surface area (Å²) in [6.45, 7) is 6.98. The van der Waals surface area contributed by atoms with Gasteiger partial charge in [0.2, 0.25) is 5.91 Å². The summed E-state index contributed by atoms with van der Waals surface area (Å²) < 4.78 is 42.5. The molecule has 2 fully saturated rings. The average molecular weight is 464 g/mol. The maximum Gasteiger partial charge on any atom is 0.262 e. The van der Waals surface area contributed by atoms with Crippen molar-refractivity contribution in [1.82, 2.24) is 18.8 Å². The molecular weight excluding hydrogens is 433 g/mol. The van der Waals surface area contributed by atoms with Crippen LogP contribution in [-0.2, 0) is 14.8 Å². The molecule has 2 aliphatic rings. The van der Waals surface area contributed by atoms with Gasteiger partial charge in [0.15, 0.2) is 5.03 Å². The van der Waals surface area contributed by atoms with Crippen molar-refractivity contribution in [2.24, 2.45) is 5.92 Å². The normalized spacial score (nSPS) is 20.7. The molecular formula is C22H30FN5O3S. The van der Waals surface area contributed by atoms with Gasteiger partial charge in [0, 0.05) is 57.2 Å². The van der Waals surface area contributed by atoms with Crippen LogP contribution in [0.1, 0.15) is 32.7 Å². The van der Waals surface area contributed by atoms with Crippen molar-refractivity contribution >= 4 is 21.6 Å². The summed E-state index contributed by atoms with van der Waals surface area (Å²) in [5.41, 5.74) is 0.939. The molecule has 0 unspecified atom stereocenters. The molecule has 1 amide bonds. The summed E-state index contributed by atoms with van der Waals surface area (Å²) in [6.07, 6.45) is 4.42. The first-order valence-corrected chi connectivity index (χ1v) is 12.5. The summed E-state index contributed by atoms with van der Waals surface area (Å²) in [5.74, 6) is -0.602. The van der Waals surface area contributed by atoms with E-state index in [1.54, 1.807) is 22.9 Å². The number of piperidine rings is 1. The molecule has 0 aliphatic carbocycles. The molecule has 32 heavy (non-hydrogen) atoms. The molecule has 2 aromatic rings. The molecule has 0 bridgehead atoms. The monoisotopic (exact) mass is 463 g/mol. The zero-order chi connectivity index (χ0) is 22.9. The second kappa shape index (κ2) is 9.19.